The van der Waals surface area contributed by atoms with Crippen LogP contribution < -0.4 is 10.6 Å². The molecule has 1 fully saturated rings. The van der Waals surface area contributed by atoms with E-state index in [2.05, 4.69) is 46.8 Å². The molecule has 1 saturated carbocycles. The Hall–Kier alpha value is -0.820. The zero-order valence-corrected chi connectivity index (χ0v) is 15.9. The van der Waals surface area contributed by atoms with Crippen molar-refractivity contribution in [3.63, 3.8) is 0 Å². The van der Waals surface area contributed by atoms with Crippen molar-refractivity contribution in [1.82, 2.24) is 10.6 Å². The molecule has 1 aromatic rings. The summed E-state index contributed by atoms with van der Waals surface area (Å²) in [6, 6.07) is 10.6. The highest BCUT2D eigenvalue weighted by atomic mass is 127. The van der Waals surface area contributed by atoms with Crippen LogP contribution in [-0.4, -0.2) is 32.8 Å². The zero-order chi connectivity index (χ0) is 14.9. The number of hydrogen-bond acceptors (Lipinski definition) is 2. The summed E-state index contributed by atoms with van der Waals surface area (Å²) in [5.74, 6) is 1.69. The Labute approximate surface area is 151 Å². The summed E-state index contributed by atoms with van der Waals surface area (Å²) in [7, 11) is 1.80. The predicted octanol–water partition coefficient (Wildman–Crippen LogP) is 3.35. The molecule has 1 atom stereocenters. The largest absolute Gasteiger partial charge is 0.381 e. The zero-order valence-electron chi connectivity index (χ0n) is 13.5. The first-order valence-electron chi connectivity index (χ1n) is 7.89. The van der Waals surface area contributed by atoms with E-state index in [0.29, 0.717) is 0 Å². The van der Waals surface area contributed by atoms with Gasteiger partial charge < -0.3 is 15.4 Å². The summed E-state index contributed by atoms with van der Waals surface area (Å²) in [6.07, 6.45) is 3.71. The molecule has 2 rings (SSSR count). The minimum Gasteiger partial charge on any atom is -0.381 e. The van der Waals surface area contributed by atoms with Crippen molar-refractivity contribution in [2.75, 3.05) is 26.8 Å². The summed E-state index contributed by atoms with van der Waals surface area (Å²) in [5, 5.41) is 6.73. The van der Waals surface area contributed by atoms with E-state index < -0.39 is 0 Å². The minimum atomic E-state index is 0. The van der Waals surface area contributed by atoms with Crippen LogP contribution in [0.25, 0.3) is 0 Å². The number of nitrogens with zero attached hydrogens (tertiary/aromatic N) is 1. The topological polar surface area (TPSA) is 45.7 Å². The van der Waals surface area contributed by atoms with Gasteiger partial charge in [-0.25, -0.2) is 0 Å². The summed E-state index contributed by atoms with van der Waals surface area (Å²) >= 11 is 0. The summed E-state index contributed by atoms with van der Waals surface area (Å²) in [5.41, 5.74) is 1.26. The van der Waals surface area contributed by atoms with Gasteiger partial charge in [0.15, 0.2) is 5.96 Å². The molecule has 0 radical (unpaired) electrons. The Morgan fingerprint density at radius 1 is 1.32 bits per heavy atom. The maximum absolute atomic E-state index is 5.62. The maximum Gasteiger partial charge on any atom is 0.191 e. The van der Waals surface area contributed by atoms with Crippen molar-refractivity contribution >= 4 is 29.9 Å². The van der Waals surface area contributed by atoms with Crippen LogP contribution in [0.15, 0.2) is 35.3 Å². The van der Waals surface area contributed by atoms with E-state index in [9.17, 15) is 0 Å². The molecule has 2 N–H and O–H groups in total. The van der Waals surface area contributed by atoms with Gasteiger partial charge in [-0.2, -0.15) is 0 Å². The van der Waals surface area contributed by atoms with Gasteiger partial charge in [-0.15, -0.1) is 24.0 Å². The molecule has 0 bridgehead atoms. The molecule has 1 aromatic carbocycles. The fourth-order valence-corrected chi connectivity index (χ4v) is 2.14. The molecule has 0 heterocycles. The van der Waals surface area contributed by atoms with Crippen molar-refractivity contribution in [2.24, 2.45) is 10.9 Å². The number of benzene rings is 1. The van der Waals surface area contributed by atoms with E-state index in [1.54, 1.807) is 7.05 Å². The van der Waals surface area contributed by atoms with Crippen LogP contribution in [0.5, 0.6) is 0 Å². The van der Waals surface area contributed by atoms with E-state index >= 15 is 0 Å². The van der Waals surface area contributed by atoms with Gasteiger partial charge in [0, 0.05) is 26.8 Å². The van der Waals surface area contributed by atoms with Crippen molar-refractivity contribution < 1.29 is 4.74 Å². The summed E-state index contributed by atoms with van der Waals surface area (Å²) < 4.78 is 5.62. The van der Waals surface area contributed by atoms with E-state index in [1.165, 1.54) is 18.4 Å². The third kappa shape index (κ3) is 7.45. The predicted molar refractivity (Wildman–Crippen MR) is 103 cm³/mol. The van der Waals surface area contributed by atoms with Gasteiger partial charge in [-0.05, 0) is 37.7 Å². The van der Waals surface area contributed by atoms with Crippen molar-refractivity contribution in [3.05, 3.63) is 35.9 Å². The molecule has 0 amide bonds. The molecule has 22 heavy (non-hydrogen) atoms. The first-order valence-corrected chi connectivity index (χ1v) is 7.89. The molecule has 4 nitrogen and oxygen atoms in total. The molecule has 1 aliphatic carbocycles. The number of hydrogen-bond donors (Lipinski definition) is 2. The lowest BCUT2D eigenvalue weighted by Crippen LogP contribution is -2.39. The van der Waals surface area contributed by atoms with E-state index in [0.717, 1.165) is 38.1 Å². The maximum atomic E-state index is 5.62. The Bertz CT molecular complexity index is 435. The Morgan fingerprint density at radius 2 is 2.05 bits per heavy atom. The normalized spacial score (nSPS) is 15.8. The van der Waals surface area contributed by atoms with Gasteiger partial charge >= 0.3 is 0 Å². The molecule has 0 aliphatic heterocycles. The quantitative estimate of drug-likeness (QED) is 0.295. The Kier molecular flexibility index (Phi) is 9.47. The lowest BCUT2D eigenvalue weighted by Gasteiger charge is -2.18. The van der Waals surface area contributed by atoms with E-state index in [-0.39, 0.29) is 30.0 Å². The number of aliphatic imine (C=N–C) groups is 1. The Morgan fingerprint density at radius 3 is 2.68 bits per heavy atom. The van der Waals surface area contributed by atoms with Gasteiger partial charge in [0.2, 0.25) is 0 Å². The van der Waals surface area contributed by atoms with Crippen molar-refractivity contribution in [1.29, 1.82) is 0 Å². The van der Waals surface area contributed by atoms with Gasteiger partial charge in [-0.3, -0.25) is 4.99 Å². The third-order valence-electron chi connectivity index (χ3n) is 3.68. The van der Waals surface area contributed by atoms with Crippen LogP contribution in [-0.2, 0) is 4.74 Å². The average Bonchev–Trinajstić information content (AvgIpc) is 3.34. The van der Waals surface area contributed by atoms with Crippen LogP contribution in [0, 0.1) is 5.92 Å². The van der Waals surface area contributed by atoms with Crippen LogP contribution in [0.1, 0.15) is 37.8 Å². The molecular formula is C17H28IN3O. The van der Waals surface area contributed by atoms with E-state index in [4.69, 9.17) is 4.74 Å². The molecule has 124 valence electrons. The molecule has 0 spiro atoms. The fraction of sp³-hybridized carbons (Fsp3) is 0.588. The number of ether oxygens (including phenoxy) is 1. The van der Waals surface area contributed by atoms with Crippen LogP contribution in [0.4, 0.5) is 0 Å². The van der Waals surface area contributed by atoms with Crippen LogP contribution in [0.2, 0.25) is 0 Å². The summed E-state index contributed by atoms with van der Waals surface area (Å²) in [6.45, 7) is 4.79. The molecule has 0 saturated heterocycles. The highest BCUT2D eigenvalue weighted by molar-refractivity contribution is 14.0. The molecule has 1 unspecified atom stereocenters. The average molecular weight is 417 g/mol. The third-order valence-corrected chi connectivity index (χ3v) is 3.68. The second kappa shape index (κ2) is 10.8. The first-order chi connectivity index (χ1) is 10.3. The van der Waals surface area contributed by atoms with Crippen molar-refractivity contribution in [3.8, 4) is 0 Å². The molecule has 1 aliphatic rings. The second-order valence-electron chi connectivity index (χ2n) is 5.65. The lowest BCUT2D eigenvalue weighted by atomic mass is 10.1. The standard InChI is InChI=1S/C17H27N3O.HI/c1-14(16-7-4-3-5-8-16)20-17(18-2)19-11-6-12-21-13-15-9-10-15;/h3-5,7-8,14-15H,6,9-13H2,1-2H3,(H2,18,19,20);1H. The van der Waals surface area contributed by atoms with Gasteiger partial charge in [0.1, 0.15) is 0 Å². The lowest BCUT2D eigenvalue weighted by molar-refractivity contribution is 0.123. The smallest absolute Gasteiger partial charge is 0.191 e. The highest BCUT2D eigenvalue weighted by Crippen LogP contribution is 2.28. The second-order valence-corrected chi connectivity index (χ2v) is 5.65. The number of halogens is 1. The first kappa shape index (κ1) is 19.2. The minimum absolute atomic E-state index is 0. The highest BCUT2D eigenvalue weighted by Gasteiger charge is 2.20. The van der Waals surface area contributed by atoms with Crippen molar-refractivity contribution in [2.45, 2.75) is 32.2 Å². The number of rotatable bonds is 8. The number of guanidine groups is 1. The van der Waals surface area contributed by atoms with E-state index in [1.807, 2.05) is 6.07 Å². The fourth-order valence-electron chi connectivity index (χ4n) is 2.14. The summed E-state index contributed by atoms with van der Waals surface area (Å²) in [4.78, 5) is 4.26. The van der Waals surface area contributed by atoms with Crippen LogP contribution >= 0.6 is 24.0 Å². The monoisotopic (exact) mass is 417 g/mol. The number of nitrogens with one attached hydrogen (secondary N) is 2. The van der Waals surface area contributed by atoms with Gasteiger partial charge in [-0.1, -0.05) is 30.3 Å². The Balaban J connectivity index is 0.00000242. The van der Waals surface area contributed by atoms with Gasteiger partial charge in [0.05, 0.1) is 6.04 Å². The SMILES string of the molecule is CN=C(NCCCOCC1CC1)NC(C)c1ccccc1.I. The van der Waals surface area contributed by atoms with Gasteiger partial charge in [0.25, 0.3) is 0 Å². The molecular weight excluding hydrogens is 389 g/mol. The molecule has 5 heteroatoms. The van der Waals surface area contributed by atoms with Crippen LogP contribution in [0.3, 0.4) is 0 Å². The molecule has 0 aromatic heterocycles.